The van der Waals surface area contributed by atoms with E-state index in [9.17, 15) is 8.78 Å². The molecule has 0 radical (unpaired) electrons. The molecule has 0 aromatic heterocycles. The molecule has 1 rings (SSSR count). The summed E-state index contributed by atoms with van der Waals surface area (Å²) in [5, 5.41) is 17.3. The molecule has 1 aromatic carbocycles. The minimum atomic E-state index is -1.05. The molecule has 0 bridgehead atoms. The Morgan fingerprint density at radius 1 is 1.21 bits per heavy atom. The van der Waals surface area contributed by atoms with Gasteiger partial charge in [0.1, 0.15) is 30.1 Å². The van der Waals surface area contributed by atoms with E-state index in [1.54, 1.807) is 0 Å². The van der Waals surface area contributed by atoms with Gasteiger partial charge in [-0.2, -0.15) is 0 Å². The van der Waals surface area contributed by atoms with Crippen LogP contribution < -0.4 is 4.74 Å². The predicted molar refractivity (Wildman–Crippen MR) is 44.9 cm³/mol. The molecular weight excluding hydrogens is 194 g/mol. The molecular formula is C9H10F2O3. The van der Waals surface area contributed by atoms with Gasteiger partial charge in [-0.3, -0.25) is 0 Å². The zero-order valence-corrected chi connectivity index (χ0v) is 7.28. The minimum Gasteiger partial charge on any atom is -0.491 e. The lowest BCUT2D eigenvalue weighted by Crippen LogP contribution is -2.21. The molecule has 0 saturated heterocycles. The topological polar surface area (TPSA) is 49.7 Å². The van der Waals surface area contributed by atoms with Crippen molar-refractivity contribution >= 4 is 0 Å². The standard InChI is InChI=1S/C9H10F2O3/c10-6-1-7(11)3-9(2-6)14-5-8(13)4-12/h1-3,8,12-13H,4-5H2/t8-/m0/s1. The summed E-state index contributed by atoms with van der Waals surface area (Å²) in [4.78, 5) is 0. The summed E-state index contributed by atoms with van der Waals surface area (Å²) in [5.41, 5.74) is 0. The van der Waals surface area contributed by atoms with Gasteiger partial charge in [-0.05, 0) is 0 Å². The van der Waals surface area contributed by atoms with E-state index in [4.69, 9.17) is 14.9 Å². The zero-order chi connectivity index (χ0) is 10.6. The van der Waals surface area contributed by atoms with Crippen LogP contribution in [0.2, 0.25) is 0 Å². The average molecular weight is 204 g/mol. The van der Waals surface area contributed by atoms with E-state index in [-0.39, 0.29) is 12.4 Å². The number of benzene rings is 1. The largest absolute Gasteiger partial charge is 0.491 e. The first-order chi connectivity index (χ1) is 6.61. The van der Waals surface area contributed by atoms with Crippen molar-refractivity contribution in [3.63, 3.8) is 0 Å². The minimum absolute atomic E-state index is 0.0185. The van der Waals surface area contributed by atoms with Crippen LogP contribution in [0.15, 0.2) is 18.2 Å². The van der Waals surface area contributed by atoms with Crippen LogP contribution in [-0.4, -0.2) is 29.5 Å². The summed E-state index contributed by atoms with van der Waals surface area (Å²) in [6, 6.07) is 2.70. The van der Waals surface area contributed by atoms with Crippen LogP contribution in [-0.2, 0) is 0 Å². The summed E-state index contributed by atoms with van der Waals surface area (Å²) < 4.78 is 30.0. The van der Waals surface area contributed by atoms with Crippen molar-refractivity contribution in [1.82, 2.24) is 0 Å². The number of hydrogen-bond acceptors (Lipinski definition) is 3. The smallest absolute Gasteiger partial charge is 0.129 e. The number of ether oxygens (including phenoxy) is 1. The van der Waals surface area contributed by atoms with Crippen molar-refractivity contribution in [1.29, 1.82) is 0 Å². The quantitative estimate of drug-likeness (QED) is 0.758. The molecule has 78 valence electrons. The Bertz CT molecular complexity index is 284. The van der Waals surface area contributed by atoms with Crippen molar-refractivity contribution < 1.29 is 23.7 Å². The van der Waals surface area contributed by atoms with Gasteiger partial charge < -0.3 is 14.9 Å². The third-order valence-electron chi connectivity index (χ3n) is 1.49. The van der Waals surface area contributed by atoms with Crippen LogP contribution in [0.5, 0.6) is 5.75 Å². The second-order valence-electron chi connectivity index (χ2n) is 2.75. The second kappa shape index (κ2) is 4.88. The SMILES string of the molecule is OC[C@H](O)COc1cc(F)cc(F)c1. The van der Waals surface area contributed by atoms with Gasteiger partial charge in [-0.25, -0.2) is 8.78 Å². The summed E-state index contributed by atoms with van der Waals surface area (Å²) in [5.74, 6) is -1.52. The third kappa shape index (κ3) is 3.27. The van der Waals surface area contributed by atoms with Crippen molar-refractivity contribution in [3.05, 3.63) is 29.8 Å². The van der Waals surface area contributed by atoms with E-state index in [1.165, 1.54) is 0 Å². The lowest BCUT2D eigenvalue weighted by Gasteiger charge is -2.09. The van der Waals surface area contributed by atoms with Gasteiger partial charge in [-0.1, -0.05) is 0 Å². The maximum atomic E-state index is 12.6. The summed E-state index contributed by atoms with van der Waals surface area (Å²) in [6.45, 7) is -0.669. The highest BCUT2D eigenvalue weighted by molar-refractivity contribution is 5.23. The molecule has 0 unspecified atom stereocenters. The molecule has 1 atom stereocenters. The van der Waals surface area contributed by atoms with E-state index in [0.29, 0.717) is 0 Å². The molecule has 0 saturated carbocycles. The number of halogens is 2. The molecule has 2 N–H and O–H groups in total. The second-order valence-corrected chi connectivity index (χ2v) is 2.75. The fraction of sp³-hybridized carbons (Fsp3) is 0.333. The summed E-state index contributed by atoms with van der Waals surface area (Å²) in [6.07, 6.45) is -1.05. The lowest BCUT2D eigenvalue weighted by atomic mass is 10.3. The van der Waals surface area contributed by atoms with Crippen LogP contribution in [0.3, 0.4) is 0 Å². The maximum Gasteiger partial charge on any atom is 0.129 e. The molecule has 0 fully saturated rings. The van der Waals surface area contributed by atoms with E-state index >= 15 is 0 Å². The van der Waals surface area contributed by atoms with Gasteiger partial charge in [0.25, 0.3) is 0 Å². The molecule has 14 heavy (non-hydrogen) atoms. The Labute approximate surface area is 79.6 Å². The Morgan fingerprint density at radius 3 is 2.29 bits per heavy atom. The summed E-state index contributed by atoms with van der Waals surface area (Å²) >= 11 is 0. The van der Waals surface area contributed by atoms with Crippen molar-refractivity contribution in [2.75, 3.05) is 13.2 Å². The van der Waals surface area contributed by atoms with Crippen molar-refractivity contribution in [2.45, 2.75) is 6.10 Å². The average Bonchev–Trinajstić information content (AvgIpc) is 2.12. The highest BCUT2D eigenvalue weighted by Crippen LogP contribution is 2.15. The number of rotatable bonds is 4. The first kappa shape index (κ1) is 10.9. The molecule has 0 amide bonds. The van der Waals surface area contributed by atoms with Gasteiger partial charge in [0.2, 0.25) is 0 Å². The first-order valence-corrected chi connectivity index (χ1v) is 3.99. The molecule has 3 nitrogen and oxygen atoms in total. The Kier molecular flexibility index (Phi) is 3.79. The number of aliphatic hydroxyl groups excluding tert-OH is 2. The molecule has 1 aromatic rings. The fourth-order valence-electron chi connectivity index (χ4n) is 0.857. The maximum absolute atomic E-state index is 12.6. The molecule has 0 aliphatic carbocycles. The van der Waals surface area contributed by atoms with E-state index in [1.807, 2.05) is 0 Å². The van der Waals surface area contributed by atoms with E-state index in [0.717, 1.165) is 18.2 Å². The first-order valence-electron chi connectivity index (χ1n) is 3.99. The lowest BCUT2D eigenvalue weighted by molar-refractivity contribution is 0.0534. The van der Waals surface area contributed by atoms with Gasteiger partial charge in [-0.15, -0.1) is 0 Å². The molecule has 5 heteroatoms. The van der Waals surface area contributed by atoms with Gasteiger partial charge in [0.05, 0.1) is 6.61 Å². The van der Waals surface area contributed by atoms with Crippen LogP contribution in [0.25, 0.3) is 0 Å². The van der Waals surface area contributed by atoms with Gasteiger partial charge >= 0.3 is 0 Å². The Hall–Kier alpha value is -1.20. The Balaban J connectivity index is 2.58. The monoisotopic (exact) mass is 204 g/mol. The van der Waals surface area contributed by atoms with Gasteiger partial charge in [0.15, 0.2) is 0 Å². The fourth-order valence-corrected chi connectivity index (χ4v) is 0.857. The number of aliphatic hydroxyl groups is 2. The van der Waals surface area contributed by atoms with Crippen LogP contribution >= 0.6 is 0 Å². The van der Waals surface area contributed by atoms with Crippen molar-refractivity contribution in [3.8, 4) is 5.75 Å². The van der Waals surface area contributed by atoms with Crippen LogP contribution in [0, 0.1) is 11.6 Å². The normalized spacial score (nSPS) is 12.6. The molecule has 0 aliphatic rings. The summed E-state index contributed by atoms with van der Waals surface area (Å²) in [7, 11) is 0. The van der Waals surface area contributed by atoms with Crippen LogP contribution in [0.4, 0.5) is 8.78 Å². The van der Waals surface area contributed by atoms with E-state index < -0.39 is 24.3 Å². The highest BCUT2D eigenvalue weighted by Gasteiger charge is 2.05. The van der Waals surface area contributed by atoms with Gasteiger partial charge in [0, 0.05) is 18.2 Å². The molecule has 0 heterocycles. The molecule has 0 aliphatic heterocycles. The zero-order valence-electron chi connectivity index (χ0n) is 7.28. The number of hydrogen-bond donors (Lipinski definition) is 2. The van der Waals surface area contributed by atoms with E-state index in [2.05, 4.69) is 0 Å². The predicted octanol–water partition coefficient (Wildman–Crippen LogP) is 0.697. The Morgan fingerprint density at radius 2 is 1.79 bits per heavy atom. The van der Waals surface area contributed by atoms with Crippen molar-refractivity contribution in [2.24, 2.45) is 0 Å². The molecule has 0 spiro atoms. The van der Waals surface area contributed by atoms with Crippen LogP contribution in [0.1, 0.15) is 0 Å². The third-order valence-corrected chi connectivity index (χ3v) is 1.49. The highest BCUT2D eigenvalue weighted by atomic mass is 19.1.